The zero-order chi connectivity index (χ0) is 15.3. The van der Waals surface area contributed by atoms with Gasteiger partial charge in [0.25, 0.3) is 0 Å². The number of aliphatic hydroxyl groups is 1. The van der Waals surface area contributed by atoms with E-state index in [0.717, 1.165) is 44.5 Å². The number of hydrogen-bond acceptors (Lipinski definition) is 5. The monoisotopic (exact) mass is 332 g/mol. The summed E-state index contributed by atoms with van der Waals surface area (Å²) in [6, 6.07) is 1.70. The van der Waals surface area contributed by atoms with Crippen LogP contribution in [0.1, 0.15) is 24.8 Å². The summed E-state index contributed by atoms with van der Waals surface area (Å²) in [7, 11) is -3.35. The number of sulfonamides is 1. The Bertz CT molecular complexity index is 542. The SMILES string of the molecule is Cc1csc(S(=O)(=O)NCCCN2CCCC(CO)C2)c1. The van der Waals surface area contributed by atoms with Gasteiger partial charge in [-0.3, -0.25) is 0 Å². The molecule has 2 heterocycles. The molecule has 7 heteroatoms. The number of aryl methyl sites for hydroxylation is 1. The summed E-state index contributed by atoms with van der Waals surface area (Å²) >= 11 is 1.26. The average Bonchev–Trinajstić information content (AvgIpc) is 2.91. The predicted molar refractivity (Wildman–Crippen MR) is 85.1 cm³/mol. The zero-order valence-electron chi connectivity index (χ0n) is 12.4. The number of piperidine rings is 1. The first-order valence-electron chi connectivity index (χ1n) is 7.39. The van der Waals surface area contributed by atoms with E-state index in [1.807, 2.05) is 12.3 Å². The second kappa shape index (κ2) is 7.69. The van der Waals surface area contributed by atoms with E-state index in [4.69, 9.17) is 0 Å². The molecule has 1 aromatic heterocycles. The van der Waals surface area contributed by atoms with Gasteiger partial charge in [-0.25, -0.2) is 13.1 Å². The van der Waals surface area contributed by atoms with E-state index < -0.39 is 10.0 Å². The fraction of sp³-hybridized carbons (Fsp3) is 0.714. The zero-order valence-corrected chi connectivity index (χ0v) is 14.0. The molecular weight excluding hydrogens is 308 g/mol. The Hall–Kier alpha value is -0.470. The number of nitrogens with one attached hydrogen (secondary N) is 1. The van der Waals surface area contributed by atoms with Gasteiger partial charge in [-0.05, 0) is 62.2 Å². The normalized spacial score (nSPS) is 20.8. The molecule has 1 fully saturated rings. The molecule has 5 nitrogen and oxygen atoms in total. The molecule has 2 N–H and O–H groups in total. The van der Waals surface area contributed by atoms with Gasteiger partial charge in [0.15, 0.2) is 0 Å². The van der Waals surface area contributed by atoms with E-state index in [0.29, 0.717) is 16.7 Å². The molecule has 21 heavy (non-hydrogen) atoms. The van der Waals surface area contributed by atoms with Crippen LogP contribution in [0.4, 0.5) is 0 Å². The molecule has 0 amide bonds. The maximum absolute atomic E-state index is 12.0. The molecule has 1 saturated heterocycles. The number of likely N-dealkylation sites (tertiary alicyclic amines) is 1. The third-order valence-electron chi connectivity index (χ3n) is 3.78. The number of hydrogen-bond donors (Lipinski definition) is 2. The van der Waals surface area contributed by atoms with Crippen LogP contribution in [0.25, 0.3) is 0 Å². The molecule has 0 spiro atoms. The fourth-order valence-corrected chi connectivity index (χ4v) is 4.98. The summed E-state index contributed by atoms with van der Waals surface area (Å²) in [5, 5.41) is 11.0. The van der Waals surface area contributed by atoms with Gasteiger partial charge >= 0.3 is 0 Å². The lowest BCUT2D eigenvalue weighted by atomic mass is 9.99. The Morgan fingerprint density at radius 3 is 3.00 bits per heavy atom. The summed E-state index contributed by atoms with van der Waals surface area (Å²) in [5.74, 6) is 0.379. The second-order valence-electron chi connectivity index (χ2n) is 5.69. The van der Waals surface area contributed by atoms with Crippen LogP contribution < -0.4 is 4.72 Å². The minimum atomic E-state index is -3.35. The minimum Gasteiger partial charge on any atom is -0.396 e. The molecular formula is C14H24N2O3S2. The highest BCUT2D eigenvalue weighted by Crippen LogP contribution is 2.19. The van der Waals surface area contributed by atoms with Gasteiger partial charge in [0.05, 0.1) is 0 Å². The molecule has 0 radical (unpaired) electrons. The van der Waals surface area contributed by atoms with Crippen molar-refractivity contribution in [3.05, 3.63) is 17.0 Å². The van der Waals surface area contributed by atoms with Crippen LogP contribution in [-0.2, 0) is 10.0 Å². The summed E-state index contributed by atoms with van der Waals surface area (Å²) in [4.78, 5) is 2.31. The number of thiophene rings is 1. The minimum absolute atomic E-state index is 0.251. The molecule has 1 aliphatic rings. The van der Waals surface area contributed by atoms with Crippen LogP contribution in [0.5, 0.6) is 0 Å². The van der Waals surface area contributed by atoms with E-state index in [1.165, 1.54) is 11.3 Å². The van der Waals surface area contributed by atoms with E-state index >= 15 is 0 Å². The maximum Gasteiger partial charge on any atom is 0.250 e. The molecule has 0 bridgehead atoms. The van der Waals surface area contributed by atoms with Crippen molar-refractivity contribution in [1.82, 2.24) is 9.62 Å². The predicted octanol–water partition coefficient (Wildman–Crippen LogP) is 1.43. The number of rotatable bonds is 7. The van der Waals surface area contributed by atoms with E-state index in [-0.39, 0.29) is 6.61 Å². The highest BCUT2D eigenvalue weighted by molar-refractivity contribution is 7.91. The topological polar surface area (TPSA) is 69.6 Å². The summed E-state index contributed by atoms with van der Waals surface area (Å²) in [5.41, 5.74) is 0.976. The first-order chi connectivity index (χ1) is 10.0. The Morgan fingerprint density at radius 1 is 1.52 bits per heavy atom. The highest BCUT2D eigenvalue weighted by atomic mass is 32.2. The van der Waals surface area contributed by atoms with Gasteiger partial charge in [-0.1, -0.05) is 0 Å². The molecule has 1 aliphatic heterocycles. The van der Waals surface area contributed by atoms with Crippen molar-refractivity contribution in [2.75, 3.05) is 32.8 Å². The third kappa shape index (κ3) is 5.03. The molecule has 1 aromatic rings. The molecule has 0 aliphatic carbocycles. The molecule has 1 unspecified atom stereocenters. The Balaban J connectivity index is 1.72. The Kier molecular flexibility index (Phi) is 6.19. The van der Waals surface area contributed by atoms with Crippen molar-refractivity contribution in [2.24, 2.45) is 5.92 Å². The van der Waals surface area contributed by atoms with Gasteiger partial charge in [-0.2, -0.15) is 0 Å². The summed E-state index contributed by atoms with van der Waals surface area (Å²) < 4.78 is 27.1. The highest BCUT2D eigenvalue weighted by Gasteiger charge is 2.19. The lowest BCUT2D eigenvalue weighted by Crippen LogP contribution is -2.38. The van der Waals surface area contributed by atoms with Crippen molar-refractivity contribution in [3.8, 4) is 0 Å². The number of aliphatic hydroxyl groups excluding tert-OH is 1. The summed E-state index contributed by atoms with van der Waals surface area (Å²) in [6.07, 6.45) is 3.00. The Labute approximate surface area is 131 Å². The van der Waals surface area contributed by atoms with Gasteiger partial charge < -0.3 is 10.0 Å². The van der Waals surface area contributed by atoms with Crippen LogP contribution >= 0.6 is 11.3 Å². The lowest BCUT2D eigenvalue weighted by Gasteiger charge is -2.31. The largest absolute Gasteiger partial charge is 0.396 e. The van der Waals surface area contributed by atoms with Gasteiger partial charge in [0.1, 0.15) is 4.21 Å². The van der Waals surface area contributed by atoms with Crippen LogP contribution in [0.15, 0.2) is 15.7 Å². The smallest absolute Gasteiger partial charge is 0.250 e. The molecule has 2 rings (SSSR count). The van der Waals surface area contributed by atoms with E-state index in [1.54, 1.807) is 6.07 Å². The van der Waals surface area contributed by atoms with E-state index in [9.17, 15) is 13.5 Å². The molecule has 120 valence electrons. The van der Waals surface area contributed by atoms with Crippen molar-refractivity contribution in [1.29, 1.82) is 0 Å². The maximum atomic E-state index is 12.0. The molecule has 1 atom stereocenters. The Morgan fingerprint density at radius 2 is 2.33 bits per heavy atom. The van der Waals surface area contributed by atoms with Gasteiger partial charge in [0, 0.05) is 19.7 Å². The summed E-state index contributed by atoms with van der Waals surface area (Å²) in [6.45, 7) is 5.45. The standard InChI is InChI=1S/C14H24N2O3S2/c1-12-8-14(20-11-12)21(18,19)15-5-3-7-16-6-2-4-13(9-16)10-17/h8,11,13,15,17H,2-7,9-10H2,1H3. The van der Waals surface area contributed by atoms with Crippen LogP contribution in [0.3, 0.4) is 0 Å². The quantitative estimate of drug-likeness (QED) is 0.741. The van der Waals surface area contributed by atoms with E-state index in [2.05, 4.69) is 9.62 Å². The van der Waals surface area contributed by atoms with Gasteiger partial charge in [-0.15, -0.1) is 11.3 Å². The van der Waals surface area contributed by atoms with Crippen LogP contribution in [0.2, 0.25) is 0 Å². The van der Waals surface area contributed by atoms with Crippen molar-refractivity contribution < 1.29 is 13.5 Å². The number of nitrogens with zero attached hydrogens (tertiary/aromatic N) is 1. The van der Waals surface area contributed by atoms with Crippen molar-refractivity contribution >= 4 is 21.4 Å². The second-order valence-corrected chi connectivity index (χ2v) is 8.59. The first kappa shape index (κ1) is 16.9. The average molecular weight is 332 g/mol. The van der Waals surface area contributed by atoms with Gasteiger partial charge in [0.2, 0.25) is 10.0 Å². The van der Waals surface area contributed by atoms with Crippen molar-refractivity contribution in [2.45, 2.75) is 30.4 Å². The first-order valence-corrected chi connectivity index (χ1v) is 9.75. The van der Waals surface area contributed by atoms with Crippen molar-refractivity contribution in [3.63, 3.8) is 0 Å². The molecule has 0 saturated carbocycles. The fourth-order valence-electron chi connectivity index (χ4n) is 2.63. The molecule has 0 aromatic carbocycles. The third-order valence-corrected chi connectivity index (χ3v) is 6.79. The lowest BCUT2D eigenvalue weighted by molar-refractivity contribution is 0.120. The van der Waals surface area contributed by atoms with Crippen LogP contribution in [-0.4, -0.2) is 51.2 Å². The van der Waals surface area contributed by atoms with Crippen LogP contribution in [0, 0.1) is 12.8 Å².